The average Bonchev–Trinajstić information content (AvgIpc) is 2.78. The summed E-state index contributed by atoms with van der Waals surface area (Å²) in [5, 5.41) is 0. The molecule has 7 nitrogen and oxygen atoms in total. The van der Waals surface area contributed by atoms with Gasteiger partial charge in [0.05, 0.1) is 0 Å². The van der Waals surface area contributed by atoms with E-state index in [1.807, 2.05) is 18.2 Å². The Morgan fingerprint density at radius 2 is 1.37 bits per heavy atom. The number of carbonyl (C=O) groups excluding carboxylic acids is 3. The second kappa shape index (κ2) is 9.88. The smallest absolute Gasteiger partial charge is 0.342 e. The van der Waals surface area contributed by atoms with Crippen LogP contribution in [0.25, 0.3) is 0 Å². The van der Waals surface area contributed by atoms with Crippen molar-refractivity contribution in [3.05, 3.63) is 96.1 Å². The van der Waals surface area contributed by atoms with Crippen molar-refractivity contribution in [1.82, 2.24) is 10.9 Å². The fourth-order valence-electron chi connectivity index (χ4n) is 2.50. The third-order valence-electron chi connectivity index (χ3n) is 4.07. The molecule has 0 bridgehead atoms. The molecule has 0 saturated heterocycles. The van der Waals surface area contributed by atoms with E-state index in [2.05, 4.69) is 10.9 Å². The van der Waals surface area contributed by atoms with Crippen molar-refractivity contribution in [3.8, 4) is 11.5 Å². The molecule has 7 heteroatoms. The van der Waals surface area contributed by atoms with Gasteiger partial charge in [-0.3, -0.25) is 20.4 Å². The predicted octanol–water partition coefficient (Wildman–Crippen LogP) is 3.49. The van der Waals surface area contributed by atoms with E-state index in [9.17, 15) is 14.4 Å². The first-order valence-electron chi connectivity index (χ1n) is 9.23. The third-order valence-corrected chi connectivity index (χ3v) is 4.07. The van der Waals surface area contributed by atoms with E-state index in [1.165, 1.54) is 6.92 Å². The lowest BCUT2D eigenvalue weighted by atomic mass is 10.2. The van der Waals surface area contributed by atoms with Crippen LogP contribution in [0.2, 0.25) is 0 Å². The summed E-state index contributed by atoms with van der Waals surface area (Å²) in [6.45, 7) is 1.41. The number of nitrogens with one attached hydrogen (secondary N) is 2. The molecule has 30 heavy (non-hydrogen) atoms. The Hall–Kier alpha value is -4.13. The number of para-hydroxylation sites is 2. The van der Waals surface area contributed by atoms with Crippen molar-refractivity contribution in [2.75, 3.05) is 0 Å². The van der Waals surface area contributed by atoms with Crippen LogP contribution in [-0.2, 0) is 9.53 Å². The summed E-state index contributed by atoms with van der Waals surface area (Å²) < 4.78 is 11.0. The van der Waals surface area contributed by atoms with E-state index >= 15 is 0 Å². The summed E-state index contributed by atoms with van der Waals surface area (Å²) in [5.41, 5.74) is 5.09. The Bertz CT molecular complexity index is 1020. The third kappa shape index (κ3) is 5.45. The summed E-state index contributed by atoms with van der Waals surface area (Å²) in [6, 6.07) is 24.0. The molecule has 2 N–H and O–H groups in total. The van der Waals surface area contributed by atoms with Crippen LogP contribution in [0.3, 0.4) is 0 Å². The van der Waals surface area contributed by atoms with E-state index < -0.39 is 23.9 Å². The van der Waals surface area contributed by atoms with Crippen molar-refractivity contribution in [3.63, 3.8) is 0 Å². The van der Waals surface area contributed by atoms with Crippen molar-refractivity contribution in [2.24, 2.45) is 0 Å². The summed E-state index contributed by atoms with van der Waals surface area (Å²) >= 11 is 0. The van der Waals surface area contributed by atoms with E-state index in [-0.39, 0.29) is 5.56 Å². The van der Waals surface area contributed by atoms with Gasteiger partial charge in [-0.2, -0.15) is 0 Å². The maximum absolute atomic E-state index is 12.6. The van der Waals surface area contributed by atoms with Crippen LogP contribution in [0.4, 0.5) is 0 Å². The molecule has 0 spiro atoms. The average molecular weight is 404 g/mol. The molecule has 0 aliphatic heterocycles. The van der Waals surface area contributed by atoms with Gasteiger partial charge in [-0.25, -0.2) is 4.79 Å². The molecule has 0 aliphatic rings. The zero-order valence-electron chi connectivity index (χ0n) is 16.2. The minimum atomic E-state index is -1.14. The van der Waals surface area contributed by atoms with Crippen molar-refractivity contribution < 1.29 is 23.9 Å². The Balaban J connectivity index is 1.59. The predicted molar refractivity (Wildman–Crippen MR) is 110 cm³/mol. The normalized spacial score (nSPS) is 11.1. The molecule has 0 aromatic heterocycles. The minimum Gasteiger partial charge on any atom is -0.456 e. The van der Waals surface area contributed by atoms with E-state index in [0.717, 1.165) is 0 Å². The van der Waals surface area contributed by atoms with Gasteiger partial charge in [-0.05, 0) is 43.3 Å². The van der Waals surface area contributed by atoms with Crippen LogP contribution in [0, 0.1) is 0 Å². The second-order valence-electron chi connectivity index (χ2n) is 6.27. The van der Waals surface area contributed by atoms with Gasteiger partial charge in [-0.1, -0.05) is 48.5 Å². The summed E-state index contributed by atoms with van der Waals surface area (Å²) in [4.78, 5) is 36.7. The SMILES string of the molecule is C[C@H](OC(=O)c1ccccc1Oc1ccccc1)C(=O)NNC(=O)c1ccccc1. The van der Waals surface area contributed by atoms with E-state index in [4.69, 9.17) is 9.47 Å². The Morgan fingerprint density at radius 3 is 2.07 bits per heavy atom. The highest BCUT2D eigenvalue weighted by atomic mass is 16.5. The molecule has 2 amide bonds. The second-order valence-corrected chi connectivity index (χ2v) is 6.27. The number of esters is 1. The number of ether oxygens (including phenoxy) is 2. The molecule has 0 radical (unpaired) electrons. The Morgan fingerprint density at radius 1 is 0.767 bits per heavy atom. The molecule has 0 aliphatic carbocycles. The Labute approximate surface area is 173 Å². The van der Waals surface area contributed by atoms with Crippen LogP contribution < -0.4 is 15.6 Å². The Kier molecular flexibility index (Phi) is 6.78. The summed E-state index contributed by atoms with van der Waals surface area (Å²) in [5.74, 6) is -1.01. The highest BCUT2D eigenvalue weighted by Crippen LogP contribution is 2.25. The van der Waals surface area contributed by atoms with Gasteiger partial charge in [0, 0.05) is 5.56 Å². The zero-order chi connectivity index (χ0) is 21.3. The maximum atomic E-state index is 12.6. The van der Waals surface area contributed by atoms with Gasteiger partial charge in [0.15, 0.2) is 6.10 Å². The molecular formula is C23H20N2O5. The van der Waals surface area contributed by atoms with Gasteiger partial charge < -0.3 is 9.47 Å². The highest BCUT2D eigenvalue weighted by Gasteiger charge is 2.22. The molecule has 0 saturated carbocycles. The number of hydrogen-bond acceptors (Lipinski definition) is 5. The number of benzene rings is 3. The summed E-state index contributed by atoms with van der Waals surface area (Å²) in [7, 11) is 0. The molecule has 3 aromatic rings. The minimum absolute atomic E-state index is 0.175. The molecule has 3 rings (SSSR count). The van der Waals surface area contributed by atoms with Crippen molar-refractivity contribution in [1.29, 1.82) is 0 Å². The van der Waals surface area contributed by atoms with Gasteiger partial charge in [-0.15, -0.1) is 0 Å². The maximum Gasteiger partial charge on any atom is 0.342 e. The van der Waals surface area contributed by atoms with Gasteiger partial charge >= 0.3 is 5.97 Å². The lowest BCUT2D eigenvalue weighted by Gasteiger charge is -2.15. The van der Waals surface area contributed by atoms with Crippen LogP contribution in [0.1, 0.15) is 27.6 Å². The first kappa shape index (κ1) is 20.6. The lowest BCUT2D eigenvalue weighted by Crippen LogP contribution is -2.46. The largest absolute Gasteiger partial charge is 0.456 e. The molecule has 0 unspecified atom stereocenters. The number of amides is 2. The van der Waals surface area contributed by atoms with Crippen LogP contribution >= 0.6 is 0 Å². The number of carbonyl (C=O) groups is 3. The molecule has 0 heterocycles. The molecule has 1 atom stereocenters. The van der Waals surface area contributed by atoms with Crippen LogP contribution in [-0.4, -0.2) is 23.9 Å². The van der Waals surface area contributed by atoms with E-state index in [0.29, 0.717) is 17.1 Å². The fraction of sp³-hybridized carbons (Fsp3) is 0.0870. The van der Waals surface area contributed by atoms with Gasteiger partial charge in [0.25, 0.3) is 11.8 Å². The monoisotopic (exact) mass is 404 g/mol. The quantitative estimate of drug-likeness (QED) is 0.485. The number of hydrazine groups is 1. The standard InChI is InChI=1S/C23H20N2O5/c1-16(21(26)24-25-22(27)17-10-4-2-5-11-17)29-23(28)19-14-8-9-15-20(19)30-18-12-6-3-7-13-18/h2-16H,1H3,(H,24,26)(H,25,27)/t16-/m0/s1. The zero-order valence-corrected chi connectivity index (χ0v) is 16.2. The highest BCUT2D eigenvalue weighted by molar-refractivity contribution is 5.97. The summed E-state index contributed by atoms with van der Waals surface area (Å²) in [6.07, 6.45) is -1.14. The van der Waals surface area contributed by atoms with Crippen LogP contribution in [0.15, 0.2) is 84.9 Å². The molecule has 3 aromatic carbocycles. The first-order chi connectivity index (χ1) is 14.5. The van der Waals surface area contributed by atoms with E-state index in [1.54, 1.807) is 66.7 Å². The van der Waals surface area contributed by atoms with Crippen molar-refractivity contribution in [2.45, 2.75) is 13.0 Å². The van der Waals surface area contributed by atoms with Gasteiger partial charge in [0.2, 0.25) is 0 Å². The first-order valence-corrected chi connectivity index (χ1v) is 9.23. The molecule has 0 fully saturated rings. The molecular weight excluding hydrogens is 384 g/mol. The molecule has 152 valence electrons. The van der Waals surface area contributed by atoms with Gasteiger partial charge in [0.1, 0.15) is 17.1 Å². The number of hydrogen-bond donors (Lipinski definition) is 2. The fourth-order valence-corrected chi connectivity index (χ4v) is 2.50. The topological polar surface area (TPSA) is 93.7 Å². The number of rotatable bonds is 6. The van der Waals surface area contributed by atoms with Crippen LogP contribution in [0.5, 0.6) is 11.5 Å². The van der Waals surface area contributed by atoms with Crippen molar-refractivity contribution >= 4 is 17.8 Å². The lowest BCUT2D eigenvalue weighted by molar-refractivity contribution is -0.129.